The summed E-state index contributed by atoms with van der Waals surface area (Å²) >= 11 is 0. The Kier molecular flexibility index (Phi) is 9.49. The zero-order valence-electron chi connectivity index (χ0n) is 18.5. The highest BCUT2D eigenvalue weighted by molar-refractivity contribution is 5.92. The van der Waals surface area contributed by atoms with Crippen molar-refractivity contribution in [2.45, 2.75) is 71.7 Å². The molecule has 166 valence electrons. The fourth-order valence-electron chi connectivity index (χ4n) is 2.65. The number of amides is 3. The number of hydrogen-bond acceptors (Lipinski definition) is 5. The zero-order valence-corrected chi connectivity index (χ0v) is 18.5. The Balaban J connectivity index is 2.67. The molecular weight excluding hydrogens is 386 g/mol. The molecule has 0 unspecified atom stereocenters. The molecular formula is C22H33N3O5. The summed E-state index contributed by atoms with van der Waals surface area (Å²) in [7, 11) is 0. The van der Waals surface area contributed by atoms with Crippen LogP contribution in [-0.2, 0) is 25.5 Å². The number of nitrogens with one attached hydrogen (secondary N) is 3. The van der Waals surface area contributed by atoms with E-state index in [4.69, 9.17) is 4.74 Å². The normalized spacial score (nSPS) is 14.2. The second-order valence-corrected chi connectivity index (χ2v) is 8.54. The number of carbonyl (C=O) groups is 4. The van der Waals surface area contributed by atoms with Gasteiger partial charge in [-0.25, -0.2) is 4.79 Å². The lowest BCUT2D eigenvalue weighted by Gasteiger charge is -2.26. The predicted molar refractivity (Wildman–Crippen MR) is 114 cm³/mol. The SMILES string of the molecule is CC(C)[C@H](NC(=O)OC(C)(C)C)C(=O)N[C@@H](C)C(=O)N[C@H](C=O)Cc1ccccc1. The maximum absolute atomic E-state index is 12.6. The second kappa shape index (κ2) is 11.3. The third kappa shape index (κ3) is 9.07. The molecule has 8 nitrogen and oxygen atoms in total. The Morgan fingerprint density at radius 2 is 1.57 bits per heavy atom. The molecule has 0 saturated heterocycles. The van der Waals surface area contributed by atoms with Gasteiger partial charge in [-0.2, -0.15) is 0 Å². The minimum absolute atomic E-state index is 0.228. The lowest BCUT2D eigenvalue weighted by atomic mass is 10.0. The topological polar surface area (TPSA) is 114 Å². The van der Waals surface area contributed by atoms with Crippen LogP contribution in [0.5, 0.6) is 0 Å². The quantitative estimate of drug-likeness (QED) is 0.530. The summed E-state index contributed by atoms with van der Waals surface area (Å²) in [6.07, 6.45) is 0.309. The molecule has 0 saturated carbocycles. The Labute approximate surface area is 178 Å². The van der Waals surface area contributed by atoms with Crippen LogP contribution in [0.1, 0.15) is 47.1 Å². The van der Waals surface area contributed by atoms with Crippen molar-refractivity contribution in [3.63, 3.8) is 0 Å². The molecule has 0 spiro atoms. The van der Waals surface area contributed by atoms with Crippen molar-refractivity contribution in [2.24, 2.45) is 5.92 Å². The number of hydrogen-bond donors (Lipinski definition) is 3. The molecule has 3 atom stereocenters. The molecule has 8 heteroatoms. The molecule has 0 aliphatic rings. The Bertz CT molecular complexity index is 728. The number of carbonyl (C=O) groups excluding carboxylic acids is 4. The number of alkyl carbamates (subject to hydrolysis) is 1. The van der Waals surface area contributed by atoms with Gasteiger partial charge in [-0.15, -0.1) is 0 Å². The number of aldehydes is 1. The monoisotopic (exact) mass is 419 g/mol. The largest absolute Gasteiger partial charge is 0.444 e. The van der Waals surface area contributed by atoms with Gasteiger partial charge in [-0.1, -0.05) is 44.2 Å². The lowest BCUT2D eigenvalue weighted by molar-refractivity contribution is -0.131. The first-order chi connectivity index (χ1) is 13.9. The van der Waals surface area contributed by atoms with Crippen molar-refractivity contribution in [1.29, 1.82) is 0 Å². The Morgan fingerprint density at radius 3 is 2.07 bits per heavy atom. The van der Waals surface area contributed by atoms with E-state index in [2.05, 4.69) is 16.0 Å². The van der Waals surface area contributed by atoms with E-state index in [1.54, 1.807) is 34.6 Å². The van der Waals surface area contributed by atoms with Gasteiger partial charge in [0.25, 0.3) is 0 Å². The summed E-state index contributed by atoms with van der Waals surface area (Å²) in [5, 5.41) is 7.75. The molecule has 0 radical (unpaired) electrons. The van der Waals surface area contributed by atoms with Crippen LogP contribution in [0.4, 0.5) is 4.79 Å². The maximum Gasteiger partial charge on any atom is 0.408 e. The molecule has 0 aromatic heterocycles. The van der Waals surface area contributed by atoms with Gasteiger partial charge >= 0.3 is 6.09 Å². The number of ether oxygens (including phenoxy) is 1. The number of benzene rings is 1. The highest BCUT2D eigenvalue weighted by Gasteiger charge is 2.29. The van der Waals surface area contributed by atoms with Gasteiger partial charge in [-0.3, -0.25) is 9.59 Å². The fraction of sp³-hybridized carbons (Fsp3) is 0.545. The van der Waals surface area contributed by atoms with Gasteiger partial charge in [0, 0.05) is 0 Å². The Hall–Kier alpha value is -2.90. The van der Waals surface area contributed by atoms with Crippen LogP contribution in [0.15, 0.2) is 30.3 Å². The highest BCUT2D eigenvalue weighted by atomic mass is 16.6. The molecule has 1 aromatic carbocycles. The van der Waals surface area contributed by atoms with Gasteiger partial charge in [0.1, 0.15) is 24.0 Å². The molecule has 0 aliphatic heterocycles. The first kappa shape index (κ1) is 25.1. The lowest BCUT2D eigenvalue weighted by Crippen LogP contribution is -2.56. The first-order valence-electron chi connectivity index (χ1n) is 10.0. The highest BCUT2D eigenvalue weighted by Crippen LogP contribution is 2.09. The molecule has 3 N–H and O–H groups in total. The summed E-state index contributed by atoms with van der Waals surface area (Å²) in [4.78, 5) is 48.4. The molecule has 0 fully saturated rings. The van der Waals surface area contributed by atoms with E-state index in [1.165, 1.54) is 6.92 Å². The van der Waals surface area contributed by atoms with Crippen molar-refractivity contribution < 1.29 is 23.9 Å². The minimum Gasteiger partial charge on any atom is -0.444 e. The van der Waals surface area contributed by atoms with Crippen LogP contribution < -0.4 is 16.0 Å². The van der Waals surface area contributed by atoms with Crippen LogP contribution in [0.25, 0.3) is 0 Å². The van der Waals surface area contributed by atoms with Gasteiger partial charge in [-0.05, 0) is 45.6 Å². The van der Waals surface area contributed by atoms with Crippen molar-refractivity contribution >= 4 is 24.2 Å². The maximum atomic E-state index is 12.6. The summed E-state index contributed by atoms with van der Waals surface area (Å²) in [6, 6.07) is 6.83. The molecule has 30 heavy (non-hydrogen) atoms. The summed E-state index contributed by atoms with van der Waals surface area (Å²) < 4.78 is 5.20. The average Bonchev–Trinajstić information content (AvgIpc) is 2.64. The molecule has 3 amide bonds. The second-order valence-electron chi connectivity index (χ2n) is 8.54. The minimum atomic E-state index is -0.891. The van der Waals surface area contributed by atoms with Crippen LogP contribution in [-0.4, -0.2) is 47.9 Å². The van der Waals surface area contributed by atoms with Crippen LogP contribution >= 0.6 is 0 Å². The van der Waals surface area contributed by atoms with E-state index in [1.807, 2.05) is 30.3 Å². The third-order valence-electron chi connectivity index (χ3n) is 4.16. The van der Waals surface area contributed by atoms with Crippen LogP contribution in [0.2, 0.25) is 0 Å². The van der Waals surface area contributed by atoms with E-state index in [0.717, 1.165) is 5.56 Å². The van der Waals surface area contributed by atoms with Crippen molar-refractivity contribution in [3.8, 4) is 0 Å². The first-order valence-corrected chi connectivity index (χ1v) is 10.0. The van der Waals surface area contributed by atoms with E-state index in [-0.39, 0.29) is 5.92 Å². The van der Waals surface area contributed by atoms with Crippen LogP contribution in [0, 0.1) is 5.92 Å². The fourth-order valence-corrected chi connectivity index (χ4v) is 2.65. The third-order valence-corrected chi connectivity index (χ3v) is 4.16. The van der Waals surface area contributed by atoms with Crippen molar-refractivity contribution in [1.82, 2.24) is 16.0 Å². The van der Waals surface area contributed by atoms with Crippen molar-refractivity contribution in [2.75, 3.05) is 0 Å². The van der Waals surface area contributed by atoms with Gasteiger partial charge < -0.3 is 25.5 Å². The smallest absolute Gasteiger partial charge is 0.408 e. The van der Waals surface area contributed by atoms with E-state index in [0.29, 0.717) is 12.7 Å². The summed E-state index contributed by atoms with van der Waals surface area (Å²) in [6.45, 7) is 10.2. The molecule has 0 aliphatic carbocycles. The van der Waals surface area contributed by atoms with E-state index >= 15 is 0 Å². The summed E-state index contributed by atoms with van der Waals surface area (Å²) in [5.41, 5.74) is 0.214. The molecule has 1 rings (SSSR count). The zero-order chi connectivity index (χ0) is 22.9. The van der Waals surface area contributed by atoms with Crippen LogP contribution in [0.3, 0.4) is 0 Å². The van der Waals surface area contributed by atoms with Gasteiger partial charge in [0.15, 0.2) is 0 Å². The van der Waals surface area contributed by atoms with E-state index < -0.39 is 41.6 Å². The average molecular weight is 420 g/mol. The number of rotatable bonds is 9. The van der Waals surface area contributed by atoms with Gasteiger partial charge in [0.2, 0.25) is 11.8 Å². The van der Waals surface area contributed by atoms with Crippen molar-refractivity contribution in [3.05, 3.63) is 35.9 Å². The van der Waals surface area contributed by atoms with Gasteiger partial charge in [0.05, 0.1) is 6.04 Å². The molecule has 0 heterocycles. The Morgan fingerprint density at radius 1 is 0.967 bits per heavy atom. The standard InChI is InChI=1S/C22H33N3O5/c1-14(2)18(25-21(29)30-22(4,5)6)20(28)23-15(3)19(27)24-17(13-26)12-16-10-8-7-9-11-16/h7-11,13-15,17-18H,12H2,1-6H3,(H,23,28)(H,24,27)(H,25,29)/t15-,17-,18-/m0/s1. The summed E-state index contributed by atoms with van der Waals surface area (Å²) in [5.74, 6) is -1.23. The predicted octanol–water partition coefficient (Wildman–Crippen LogP) is 1.97. The molecule has 1 aromatic rings. The molecule has 0 bridgehead atoms. The van der Waals surface area contributed by atoms with E-state index in [9.17, 15) is 19.2 Å².